The van der Waals surface area contributed by atoms with E-state index >= 15 is 0 Å². The van der Waals surface area contributed by atoms with Crippen molar-refractivity contribution in [3.8, 4) is 5.75 Å². The molecule has 0 aliphatic carbocycles. The number of amidine groups is 1. The fourth-order valence-corrected chi connectivity index (χ4v) is 1.31. The number of nitrogen functional groups attached to an aromatic ring is 1. The molecule has 8 heteroatoms. The molecule has 0 amide bonds. The normalized spacial score (nSPS) is 10.3. The maximum atomic E-state index is 13.6. The first-order valence-corrected chi connectivity index (χ1v) is 5.06. The zero-order valence-corrected chi connectivity index (χ0v) is 9.59. The smallest absolute Gasteiger partial charge is 0.212 e. The van der Waals surface area contributed by atoms with Crippen LogP contribution in [0.1, 0.15) is 11.4 Å². The number of nitrogens with zero attached hydrogens (tertiary/aromatic N) is 4. The Hall–Kier alpha value is -2.51. The molecule has 2 aromatic rings. The third-order valence-electron chi connectivity index (χ3n) is 2.15. The van der Waals surface area contributed by atoms with Gasteiger partial charge in [-0.2, -0.15) is 4.80 Å². The van der Waals surface area contributed by atoms with E-state index < -0.39 is 5.82 Å². The number of tetrazole rings is 1. The van der Waals surface area contributed by atoms with E-state index in [0.29, 0.717) is 11.4 Å². The molecule has 3 N–H and O–H groups in total. The molecular formula is C10H11FN6O. The van der Waals surface area contributed by atoms with Crippen molar-refractivity contribution in [2.45, 2.75) is 6.61 Å². The van der Waals surface area contributed by atoms with Crippen molar-refractivity contribution in [1.82, 2.24) is 20.2 Å². The van der Waals surface area contributed by atoms with Gasteiger partial charge in [0.1, 0.15) is 5.84 Å². The predicted octanol–water partition coefficient (Wildman–Crippen LogP) is 0.212. The molecule has 0 saturated heterocycles. The Morgan fingerprint density at radius 2 is 2.33 bits per heavy atom. The standard InChI is InChI=1S/C10H11FN6O/c1-17-15-9(14-16-17)5-18-8-3-2-6(10(12)13)4-7(8)11/h2-4H,5H2,1H3,(H3,12,13). The molecule has 0 fully saturated rings. The first-order valence-electron chi connectivity index (χ1n) is 5.06. The average Bonchev–Trinajstić information content (AvgIpc) is 2.73. The SMILES string of the molecule is Cn1nnc(COc2ccc(C(=N)N)cc2F)n1. The highest BCUT2D eigenvalue weighted by molar-refractivity contribution is 5.95. The minimum absolute atomic E-state index is 0.0180. The van der Waals surface area contributed by atoms with Crippen LogP contribution < -0.4 is 10.5 Å². The highest BCUT2D eigenvalue weighted by Gasteiger charge is 2.08. The maximum absolute atomic E-state index is 13.6. The van der Waals surface area contributed by atoms with Gasteiger partial charge in [0.15, 0.2) is 18.2 Å². The van der Waals surface area contributed by atoms with Crippen LogP contribution in [0.25, 0.3) is 0 Å². The Labute approximate surface area is 102 Å². The number of halogens is 1. The monoisotopic (exact) mass is 250 g/mol. The van der Waals surface area contributed by atoms with Crippen LogP contribution in [0, 0.1) is 11.2 Å². The number of aryl methyl sites for hydroxylation is 1. The molecule has 1 aromatic heterocycles. The Kier molecular flexibility index (Phi) is 3.18. The van der Waals surface area contributed by atoms with E-state index in [9.17, 15) is 4.39 Å². The van der Waals surface area contributed by atoms with E-state index in [2.05, 4.69) is 15.4 Å². The molecule has 2 rings (SSSR count). The molecule has 0 unspecified atom stereocenters. The van der Waals surface area contributed by atoms with Gasteiger partial charge in [0.25, 0.3) is 0 Å². The van der Waals surface area contributed by atoms with E-state index in [-0.39, 0.29) is 18.2 Å². The summed E-state index contributed by atoms with van der Waals surface area (Å²) in [5, 5.41) is 18.4. The molecule has 7 nitrogen and oxygen atoms in total. The van der Waals surface area contributed by atoms with Gasteiger partial charge >= 0.3 is 0 Å². The molecule has 18 heavy (non-hydrogen) atoms. The molecular weight excluding hydrogens is 239 g/mol. The van der Waals surface area contributed by atoms with Crippen LogP contribution in [-0.4, -0.2) is 26.0 Å². The lowest BCUT2D eigenvalue weighted by atomic mass is 10.2. The summed E-state index contributed by atoms with van der Waals surface area (Å²) in [6, 6.07) is 4.05. The number of rotatable bonds is 4. The maximum Gasteiger partial charge on any atom is 0.212 e. The van der Waals surface area contributed by atoms with E-state index in [0.717, 1.165) is 6.07 Å². The summed E-state index contributed by atoms with van der Waals surface area (Å²) in [6.07, 6.45) is 0. The summed E-state index contributed by atoms with van der Waals surface area (Å²) in [4.78, 5) is 1.29. The van der Waals surface area contributed by atoms with Gasteiger partial charge in [0.05, 0.1) is 7.05 Å². The van der Waals surface area contributed by atoms with Crippen LogP contribution in [-0.2, 0) is 13.7 Å². The Bertz CT molecular complexity index is 581. The van der Waals surface area contributed by atoms with Crippen molar-refractivity contribution in [1.29, 1.82) is 5.41 Å². The minimum Gasteiger partial charge on any atom is -0.482 e. The molecule has 0 radical (unpaired) electrons. The molecule has 0 bridgehead atoms. The predicted molar refractivity (Wildman–Crippen MR) is 60.5 cm³/mol. The number of ether oxygens (including phenoxy) is 1. The quantitative estimate of drug-likeness (QED) is 0.596. The second-order valence-corrected chi connectivity index (χ2v) is 3.54. The summed E-state index contributed by atoms with van der Waals surface area (Å²) < 4.78 is 18.8. The molecule has 94 valence electrons. The van der Waals surface area contributed by atoms with E-state index in [4.69, 9.17) is 15.9 Å². The molecule has 1 heterocycles. The van der Waals surface area contributed by atoms with Crippen molar-refractivity contribution in [2.24, 2.45) is 12.8 Å². The van der Waals surface area contributed by atoms with Crippen molar-refractivity contribution in [3.63, 3.8) is 0 Å². The van der Waals surface area contributed by atoms with Crippen LogP contribution in [0.3, 0.4) is 0 Å². The zero-order chi connectivity index (χ0) is 13.1. The molecule has 1 aromatic carbocycles. The lowest BCUT2D eigenvalue weighted by Gasteiger charge is -2.06. The lowest BCUT2D eigenvalue weighted by Crippen LogP contribution is -2.11. The first kappa shape index (κ1) is 12.0. The van der Waals surface area contributed by atoms with Crippen LogP contribution in [0.2, 0.25) is 0 Å². The van der Waals surface area contributed by atoms with Gasteiger partial charge in [-0.1, -0.05) is 0 Å². The number of benzene rings is 1. The summed E-state index contributed by atoms with van der Waals surface area (Å²) >= 11 is 0. The molecule has 0 saturated carbocycles. The van der Waals surface area contributed by atoms with Crippen LogP contribution in [0.5, 0.6) is 5.75 Å². The molecule has 0 atom stereocenters. The fraction of sp³-hybridized carbons (Fsp3) is 0.200. The third-order valence-corrected chi connectivity index (χ3v) is 2.15. The van der Waals surface area contributed by atoms with Crippen molar-refractivity contribution < 1.29 is 9.13 Å². The number of hydrogen-bond acceptors (Lipinski definition) is 5. The molecule has 0 spiro atoms. The highest BCUT2D eigenvalue weighted by Crippen LogP contribution is 2.18. The van der Waals surface area contributed by atoms with Gasteiger partial charge in [0.2, 0.25) is 5.82 Å². The zero-order valence-electron chi connectivity index (χ0n) is 9.59. The topological polar surface area (TPSA) is 103 Å². The Balaban J connectivity index is 2.08. The molecule has 0 aliphatic rings. The number of nitrogens with one attached hydrogen (secondary N) is 1. The van der Waals surface area contributed by atoms with Gasteiger partial charge in [0, 0.05) is 5.56 Å². The largest absolute Gasteiger partial charge is 0.482 e. The minimum atomic E-state index is -0.591. The summed E-state index contributed by atoms with van der Waals surface area (Å²) in [5.41, 5.74) is 5.55. The fourth-order valence-electron chi connectivity index (χ4n) is 1.31. The van der Waals surface area contributed by atoms with Gasteiger partial charge in [-0.3, -0.25) is 5.41 Å². The second kappa shape index (κ2) is 4.78. The van der Waals surface area contributed by atoms with Crippen molar-refractivity contribution in [3.05, 3.63) is 35.4 Å². The number of aromatic nitrogens is 4. The number of nitrogens with two attached hydrogens (primary N) is 1. The second-order valence-electron chi connectivity index (χ2n) is 3.54. The molecule has 0 aliphatic heterocycles. The van der Waals surface area contributed by atoms with E-state index in [1.807, 2.05) is 0 Å². The van der Waals surface area contributed by atoms with Crippen molar-refractivity contribution in [2.75, 3.05) is 0 Å². The first-order chi connectivity index (χ1) is 8.56. The van der Waals surface area contributed by atoms with Crippen LogP contribution in [0.4, 0.5) is 4.39 Å². The van der Waals surface area contributed by atoms with Gasteiger partial charge < -0.3 is 10.5 Å². The average molecular weight is 250 g/mol. The Morgan fingerprint density at radius 1 is 1.56 bits per heavy atom. The van der Waals surface area contributed by atoms with Crippen molar-refractivity contribution >= 4 is 5.84 Å². The van der Waals surface area contributed by atoms with Gasteiger partial charge in [-0.15, -0.1) is 10.2 Å². The third kappa shape index (κ3) is 2.59. The lowest BCUT2D eigenvalue weighted by molar-refractivity contribution is 0.280. The Morgan fingerprint density at radius 3 is 2.89 bits per heavy atom. The van der Waals surface area contributed by atoms with Gasteiger partial charge in [-0.05, 0) is 23.4 Å². The highest BCUT2D eigenvalue weighted by atomic mass is 19.1. The summed E-state index contributed by atoms with van der Waals surface area (Å²) in [5.74, 6) is -0.386. The van der Waals surface area contributed by atoms with Crippen LogP contribution >= 0.6 is 0 Å². The van der Waals surface area contributed by atoms with E-state index in [1.54, 1.807) is 7.05 Å². The summed E-state index contributed by atoms with van der Waals surface area (Å²) in [6.45, 7) is 0.0180. The summed E-state index contributed by atoms with van der Waals surface area (Å²) in [7, 11) is 1.62. The van der Waals surface area contributed by atoms with E-state index in [1.165, 1.54) is 16.9 Å². The van der Waals surface area contributed by atoms with Gasteiger partial charge in [-0.25, -0.2) is 4.39 Å². The van der Waals surface area contributed by atoms with Crippen LogP contribution in [0.15, 0.2) is 18.2 Å². The number of hydrogen-bond donors (Lipinski definition) is 2.